The van der Waals surface area contributed by atoms with Crippen LogP contribution in [0.1, 0.15) is 85.0 Å². The highest BCUT2D eigenvalue weighted by molar-refractivity contribution is 7.90. The van der Waals surface area contributed by atoms with E-state index < -0.39 is 16.1 Å². The third-order valence-corrected chi connectivity index (χ3v) is 13.6. The van der Waals surface area contributed by atoms with Crippen molar-refractivity contribution in [2.24, 2.45) is 46.3 Å². The maximum atomic E-state index is 12.5. The molecule has 0 aromatic heterocycles. The molecule has 0 bridgehead atoms. The van der Waals surface area contributed by atoms with E-state index in [0.717, 1.165) is 57.8 Å². The minimum Gasteiger partial charge on any atom is -0.393 e. The summed E-state index contributed by atoms with van der Waals surface area (Å²) in [6, 6.07) is 4.97. The summed E-state index contributed by atoms with van der Waals surface area (Å²) in [6.45, 7) is 7.53. The lowest BCUT2D eigenvalue weighted by molar-refractivity contribution is -0.202. The molecule has 4 aliphatic carbocycles. The molecule has 0 heterocycles. The van der Waals surface area contributed by atoms with Crippen LogP contribution < -0.4 is 10.0 Å². The molecule has 5 rings (SSSR count). The number of aliphatic hydroxyl groups excluding tert-OH is 2. The van der Waals surface area contributed by atoms with Crippen LogP contribution in [0.4, 0.5) is 4.79 Å². The van der Waals surface area contributed by atoms with Crippen LogP contribution in [0.15, 0.2) is 29.2 Å². The van der Waals surface area contributed by atoms with Crippen LogP contribution in [-0.2, 0) is 10.0 Å². The van der Waals surface area contributed by atoms with Gasteiger partial charge in [0.25, 0.3) is 10.0 Å². The number of halogens is 1. The van der Waals surface area contributed by atoms with Crippen molar-refractivity contribution < 1.29 is 23.4 Å². The first-order chi connectivity index (χ1) is 18.9. The molecule has 40 heavy (non-hydrogen) atoms. The summed E-state index contributed by atoms with van der Waals surface area (Å²) in [4.78, 5) is 12.3. The Balaban J connectivity index is 1.18. The van der Waals surface area contributed by atoms with Crippen molar-refractivity contribution in [1.29, 1.82) is 0 Å². The SMILES string of the molecule is CC[C@H]1[C@@H](O)[C@@H]2[C@H](CC[C@]3(C)[C@@H](CCCNC(=O)NS(=O)(=O)c4ccc(Cl)cc4)CC[C@@H]23)[C@@]2(C)CC[C@@H](O)C[C@@H]12. The Morgan fingerprint density at radius 3 is 2.38 bits per heavy atom. The van der Waals surface area contributed by atoms with Crippen molar-refractivity contribution in [3.8, 4) is 0 Å². The second-order valence-electron chi connectivity index (χ2n) is 13.7. The smallest absolute Gasteiger partial charge is 0.328 e. The number of urea groups is 1. The normalized spacial score (nSPS) is 41.0. The third kappa shape index (κ3) is 5.31. The largest absolute Gasteiger partial charge is 0.393 e. The van der Waals surface area contributed by atoms with Gasteiger partial charge in [-0.15, -0.1) is 0 Å². The van der Waals surface area contributed by atoms with Gasteiger partial charge in [-0.1, -0.05) is 38.8 Å². The fourth-order valence-corrected chi connectivity index (χ4v) is 11.0. The number of carbonyl (C=O) groups excluding carboxylic acids is 1. The maximum Gasteiger partial charge on any atom is 0.328 e. The average molecular weight is 595 g/mol. The number of carbonyl (C=O) groups is 1. The number of benzene rings is 1. The Morgan fingerprint density at radius 1 is 1.00 bits per heavy atom. The Labute approximate surface area is 244 Å². The summed E-state index contributed by atoms with van der Waals surface area (Å²) < 4.78 is 27.0. The second kappa shape index (κ2) is 11.4. The monoisotopic (exact) mass is 594 g/mol. The number of hydrogen-bond acceptors (Lipinski definition) is 5. The lowest BCUT2D eigenvalue weighted by atomic mass is 9.41. The molecule has 2 amide bonds. The van der Waals surface area contributed by atoms with Crippen molar-refractivity contribution >= 4 is 27.7 Å². The molecule has 0 radical (unpaired) electrons. The molecule has 224 valence electrons. The van der Waals surface area contributed by atoms with E-state index >= 15 is 0 Å². The predicted molar refractivity (Wildman–Crippen MR) is 156 cm³/mol. The standard InChI is InChI=1S/C31H47ClN2O5S/c1-4-23-26-18-21(35)13-15-31(26,3)25-14-16-30(2)19(7-12-24(30)27(25)28(23)36)6-5-17-33-29(37)34-40(38,39)22-10-8-20(32)9-11-22/h8-11,19,21,23-28,35-36H,4-7,12-18H2,1-3H3,(H2,33,34,37)/t19-,21+,23+,24-,25-,26-,27-,28+,30+,31+/m0/s1. The summed E-state index contributed by atoms with van der Waals surface area (Å²) in [5, 5.41) is 25.5. The van der Waals surface area contributed by atoms with E-state index in [1.54, 1.807) is 0 Å². The lowest BCUT2D eigenvalue weighted by Gasteiger charge is -2.64. The van der Waals surface area contributed by atoms with Gasteiger partial charge in [0.2, 0.25) is 0 Å². The van der Waals surface area contributed by atoms with Crippen molar-refractivity contribution in [3.05, 3.63) is 29.3 Å². The van der Waals surface area contributed by atoms with Crippen molar-refractivity contribution in [2.75, 3.05) is 6.54 Å². The average Bonchev–Trinajstić information content (AvgIpc) is 3.24. The summed E-state index contributed by atoms with van der Waals surface area (Å²) >= 11 is 5.83. The summed E-state index contributed by atoms with van der Waals surface area (Å²) in [5.74, 6) is 2.55. The molecule has 1 aromatic carbocycles. The van der Waals surface area contributed by atoms with Crippen molar-refractivity contribution in [2.45, 2.75) is 102 Å². The van der Waals surface area contributed by atoms with Gasteiger partial charge in [-0.25, -0.2) is 17.9 Å². The minimum atomic E-state index is -3.95. The zero-order chi connectivity index (χ0) is 28.9. The van der Waals surface area contributed by atoms with E-state index in [-0.39, 0.29) is 33.9 Å². The van der Waals surface area contributed by atoms with E-state index in [9.17, 15) is 23.4 Å². The molecule has 10 atom stereocenters. The van der Waals surface area contributed by atoms with Crippen LogP contribution in [0.25, 0.3) is 0 Å². The topological polar surface area (TPSA) is 116 Å². The number of amides is 2. The van der Waals surface area contributed by atoms with Crippen LogP contribution in [0.3, 0.4) is 0 Å². The van der Waals surface area contributed by atoms with Crippen LogP contribution in [0.2, 0.25) is 5.02 Å². The Hall–Kier alpha value is -1.35. The summed E-state index contributed by atoms with van der Waals surface area (Å²) in [5.41, 5.74) is 0.380. The van der Waals surface area contributed by atoms with Crippen LogP contribution in [0.5, 0.6) is 0 Å². The number of aliphatic hydroxyl groups is 2. The number of hydrogen-bond donors (Lipinski definition) is 4. The van der Waals surface area contributed by atoms with Crippen molar-refractivity contribution in [3.63, 3.8) is 0 Å². The van der Waals surface area contributed by atoms with Crippen LogP contribution in [0, 0.1) is 46.3 Å². The molecule has 0 saturated heterocycles. The molecular formula is C31H47ClN2O5S. The van der Waals surface area contributed by atoms with Gasteiger partial charge in [-0.2, -0.15) is 0 Å². The summed E-state index contributed by atoms with van der Waals surface area (Å²) in [7, 11) is -3.95. The molecule has 0 spiro atoms. The zero-order valence-corrected chi connectivity index (χ0v) is 25.7. The second-order valence-corrected chi connectivity index (χ2v) is 15.8. The number of sulfonamides is 1. The highest BCUT2D eigenvalue weighted by atomic mass is 35.5. The molecule has 7 nitrogen and oxygen atoms in total. The maximum absolute atomic E-state index is 12.5. The first-order valence-corrected chi connectivity index (χ1v) is 17.2. The van der Waals surface area contributed by atoms with Gasteiger partial charge >= 0.3 is 6.03 Å². The fraction of sp³-hybridized carbons (Fsp3) is 0.774. The molecule has 1 aromatic rings. The van der Waals surface area contributed by atoms with E-state index in [4.69, 9.17) is 11.6 Å². The van der Waals surface area contributed by atoms with E-state index in [1.165, 1.54) is 30.7 Å². The van der Waals surface area contributed by atoms with Gasteiger partial charge in [-0.05, 0) is 128 Å². The Kier molecular flexibility index (Phi) is 8.57. The molecule has 0 aliphatic heterocycles. The number of nitrogens with one attached hydrogen (secondary N) is 2. The zero-order valence-electron chi connectivity index (χ0n) is 24.1. The van der Waals surface area contributed by atoms with Gasteiger partial charge in [0, 0.05) is 11.6 Å². The van der Waals surface area contributed by atoms with E-state index in [0.29, 0.717) is 41.2 Å². The Bertz CT molecular complexity index is 1180. The first-order valence-electron chi connectivity index (χ1n) is 15.3. The minimum absolute atomic E-state index is 0.00706. The molecule has 4 N–H and O–H groups in total. The van der Waals surface area contributed by atoms with Crippen molar-refractivity contribution in [1.82, 2.24) is 10.0 Å². The van der Waals surface area contributed by atoms with Gasteiger partial charge in [0.05, 0.1) is 17.1 Å². The number of fused-ring (bicyclic) bond motifs is 5. The lowest BCUT2D eigenvalue weighted by Crippen LogP contribution is -2.62. The molecular weight excluding hydrogens is 548 g/mol. The quantitative estimate of drug-likeness (QED) is 0.301. The van der Waals surface area contributed by atoms with Gasteiger partial charge in [0.15, 0.2) is 0 Å². The fourth-order valence-electron chi connectivity index (χ4n) is 9.92. The molecule has 9 heteroatoms. The molecule has 4 fully saturated rings. The van der Waals surface area contributed by atoms with E-state index in [1.807, 2.05) is 0 Å². The third-order valence-electron chi connectivity index (χ3n) is 12.0. The first kappa shape index (κ1) is 30.1. The van der Waals surface area contributed by atoms with Gasteiger partial charge < -0.3 is 15.5 Å². The molecule has 4 saturated carbocycles. The van der Waals surface area contributed by atoms with Crippen LogP contribution in [-0.4, -0.2) is 43.4 Å². The Morgan fingerprint density at radius 2 is 1.68 bits per heavy atom. The highest BCUT2D eigenvalue weighted by Gasteiger charge is 2.64. The molecule has 0 unspecified atom stereocenters. The molecule has 4 aliphatic rings. The van der Waals surface area contributed by atoms with E-state index in [2.05, 4.69) is 30.8 Å². The highest BCUT2D eigenvalue weighted by Crippen LogP contribution is 2.69. The van der Waals surface area contributed by atoms with Gasteiger partial charge in [-0.3, -0.25) is 0 Å². The predicted octanol–water partition coefficient (Wildman–Crippen LogP) is 5.73. The number of rotatable bonds is 7. The van der Waals surface area contributed by atoms with Crippen LogP contribution >= 0.6 is 11.6 Å². The summed E-state index contributed by atoms with van der Waals surface area (Å²) in [6.07, 6.45) is 9.60. The van der Waals surface area contributed by atoms with Gasteiger partial charge in [0.1, 0.15) is 0 Å².